The number of aliphatic hydroxyl groups is 1. The zero-order chi connectivity index (χ0) is 58.9. The molecule has 10 atom stereocenters. The van der Waals surface area contributed by atoms with Crippen molar-refractivity contribution < 1.29 is 67.7 Å². The number of hydrogen-bond donors (Lipinski definition) is 16. The summed E-state index contributed by atoms with van der Waals surface area (Å²) in [5, 5.41) is 42.4. The summed E-state index contributed by atoms with van der Waals surface area (Å²) in [5.41, 5.74) is 22.2. The Labute approximate surface area is 447 Å². The first-order chi connectivity index (χ1) is 35.9. The molecule has 0 aliphatic heterocycles. The Morgan fingerprint density at radius 3 is 1.47 bits per heavy atom. The van der Waals surface area contributed by atoms with Crippen molar-refractivity contribution in [3.05, 3.63) is 18.2 Å². The SMILES string of the molecule is CC(C)C[C@H](NC(=O)[C@@H](N)CC(N)=O)C(=O)N[C@@H](C)C(=O)N[C@H](C(=O)N[C@@H](CO)C(=O)N[C@@H](CCC(N)=O)C(=O)N[C@H](C(=O)N[C@H](C(=O)N[C@@H](Cc1cnc[nH]1)C(=O)N[C@@H](CCCCN)C(=O)O)C(C)C)C(C)C)C(C)C. The number of aromatic nitrogens is 2. The Kier molecular flexibility index (Phi) is 29.6. The zero-order valence-corrected chi connectivity index (χ0v) is 45.4. The van der Waals surface area contributed by atoms with E-state index in [2.05, 4.69) is 57.8 Å². The van der Waals surface area contributed by atoms with Gasteiger partial charge in [0.2, 0.25) is 65.0 Å². The molecule has 1 heterocycles. The van der Waals surface area contributed by atoms with Gasteiger partial charge in [0.05, 0.1) is 25.4 Å². The van der Waals surface area contributed by atoms with Gasteiger partial charge in [0.1, 0.15) is 54.4 Å². The highest BCUT2D eigenvalue weighted by molar-refractivity contribution is 5.99. The van der Waals surface area contributed by atoms with Gasteiger partial charge in [0.15, 0.2) is 0 Å². The maximum Gasteiger partial charge on any atom is 0.326 e. The fraction of sp³-hybridized carbons (Fsp3) is 0.688. The van der Waals surface area contributed by atoms with E-state index in [1.54, 1.807) is 55.4 Å². The van der Waals surface area contributed by atoms with Crippen molar-refractivity contribution in [2.24, 2.45) is 46.6 Å². The quantitative estimate of drug-likeness (QED) is 0.0280. The molecular formula is C48H83N15O14. The lowest BCUT2D eigenvalue weighted by Gasteiger charge is -2.30. The third-order valence-electron chi connectivity index (χ3n) is 11.9. The molecule has 0 fully saturated rings. The van der Waals surface area contributed by atoms with Crippen LogP contribution < -0.4 is 70.8 Å². The Hall–Kier alpha value is -7.27. The topological polar surface area (TPSA) is 486 Å². The fourth-order valence-corrected chi connectivity index (χ4v) is 7.44. The van der Waals surface area contributed by atoms with E-state index in [0.717, 1.165) is 0 Å². The van der Waals surface area contributed by atoms with Crippen LogP contribution in [-0.4, -0.2) is 165 Å². The number of nitrogens with two attached hydrogens (primary N) is 4. The largest absolute Gasteiger partial charge is 0.480 e. The number of aromatic amines is 1. The van der Waals surface area contributed by atoms with Gasteiger partial charge in [0.25, 0.3) is 0 Å². The van der Waals surface area contributed by atoms with Crippen LogP contribution in [-0.2, 0) is 64.0 Å². The molecule has 0 spiro atoms. The van der Waals surface area contributed by atoms with E-state index in [4.69, 9.17) is 22.9 Å². The second-order valence-corrected chi connectivity index (χ2v) is 20.2. The number of aliphatic hydroxyl groups excluding tert-OH is 1. The molecule has 29 heteroatoms. The molecule has 0 saturated carbocycles. The van der Waals surface area contributed by atoms with Crippen LogP contribution in [0.5, 0.6) is 0 Å². The summed E-state index contributed by atoms with van der Waals surface area (Å²) in [6.45, 7) is 13.6. The molecule has 0 bridgehead atoms. The van der Waals surface area contributed by atoms with Gasteiger partial charge >= 0.3 is 5.97 Å². The molecule has 1 aromatic rings. The van der Waals surface area contributed by atoms with E-state index in [9.17, 15) is 67.7 Å². The minimum Gasteiger partial charge on any atom is -0.480 e. The number of imidazole rings is 1. The second-order valence-electron chi connectivity index (χ2n) is 20.2. The normalized spacial score (nSPS) is 15.2. The zero-order valence-electron chi connectivity index (χ0n) is 45.4. The summed E-state index contributed by atoms with van der Waals surface area (Å²) in [6.07, 6.45) is 2.35. The number of unbranched alkanes of at least 4 members (excludes halogenated alkanes) is 1. The van der Waals surface area contributed by atoms with Crippen molar-refractivity contribution in [1.29, 1.82) is 0 Å². The minimum atomic E-state index is -1.76. The first-order valence-electron chi connectivity index (χ1n) is 25.5. The number of hydrogen-bond acceptors (Lipinski definition) is 16. The molecule has 0 unspecified atom stereocenters. The third kappa shape index (κ3) is 24.5. The average molecular weight is 1090 g/mol. The van der Waals surface area contributed by atoms with Gasteiger partial charge in [-0.2, -0.15) is 0 Å². The standard InChI is InChI=1S/C48H83N15O14/c1-22(2)16-31(58-40(68)28(50)18-35(52)66)42(70)55-26(9)39(67)61-36(23(3)4)46(74)60-33(20-64)44(72)56-29(13-14-34(51)65)41(69)62-38(25(7)8)47(75)63-37(24(5)6)45(73)59-32(17-27-19-53-21-54-27)43(71)57-30(48(76)77)12-10-11-15-49/h19,21-26,28-33,36-38,64H,10-18,20,49-50H2,1-9H3,(H2,51,65)(H2,52,66)(H,53,54)(H,55,70)(H,56,72)(H,57,71)(H,58,68)(H,59,73)(H,60,74)(H,61,67)(H,62,69)(H,63,75)(H,76,77)/t26-,28-,29-,30-,31-,32-,33-,36-,37-,38-/m0/s1. The number of rotatable bonds is 36. The summed E-state index contributed by atoms with van der Waals surface area (Å²) >= 11 is 0. The van der Waals surface area contributed by atoms with Gasteiger partial charge in [-0.25, -0.2) is 9.78 Å². The molecule has 0 radical (unpaired) electrons. The maximum absolute atomic E-state index is 14.0. The van der Waals surface area contributed by atoms with Crippen molar-refractivity contribution in [1.82, 2.24) is 57.8 Å². The number of aliphatic carboxylic acids is 1. The number of carbonyl (C=O) groups excluding carboxylic acids is 11. The van der Waals surface area contributed by atoms with E-state index in [0.29, 0.717) is 25.1 Å². The van der Waals surface area contributed by atoms with E-state index < -0.39 is 175 Å². The van der Waals surface area contributed by atoms with Crippen LogP contribution in [0.2, 0.25) is 0 Å². The van der Waals surface area contributed by atoms with E-state index in [-0.39, 0.29) is 25.2 Å². The summed E-state index contributed by atoms with van der Waals surface area (Å²) in [4.78, 5) is 164. The van der Waals surface area contributed by atoms with Gasteiger partial charge in [-0.15, -0.1) is 0 Å². The van der Waals surface area contributed by atoms with Gasteiger partial charge < -0.3 is 86.0 Å². The minimum absolute atomic E-state index is 0.0683. The monoisotopic (exact) mass is 1090 g/mol. The molecule has 1 aromatic heterocycles. The number of nitrogens with zero attached hydrogens (tertiary/aromatic N) is 1. The first-order valence-corrected chi connectivity index (χ1v) is 25.5. The smallest absolute Gasteiger partial charge is 0.326 e. The number of H-pyrrole nitrogens is 1. The van der Waals surface area contributed by atoms with Gasteiger partial charge in [-0.1, -0.05) is 55.4 Å². The van der Waals surface area contributed by atoms with Crippen LogP contribution >= 0.6 is 0 Å². The summed E-state index contributed by atoms with van der Waals surface area (Å²) in [7, 11) is 0. The number of primary amides is 2. The number of carboxylic acids is 1. The molecule has 20 N–H and O–H groups in total. The number of carbonyl (C=O) groups is 12. The molecular weight excluding hydrogens is 1010 g/mol. The number of amides is 11. The van der Waals surface area contributed by atoms with E-state index in [1.807, 2.05) is 0 Å². The van der Waals surface area contributed by atoms with Gasteiger partial charge in [-0.05, 0) is 69.2 Å². The summed E-state index contributed by atoms with van der Waals surface area (Å²) in [5.74, 6) is -13.2. The molecule has 29 nitrogen and oxygen atoms in total. The third-order valence-corrected chi connectivity index (χ3v) is 11.9. The molecule has 1 rings (SSSR count). The van der Waals surface area contributed by atoms with Crippen molar-refractivity contribution >= 4 is 70.9 Å². The Morgan fingerprint density at radius 1 is 0.545 bits per heavy atom. The summed E-state index contributed by atoms with van der Waals surface area (Å²) < 4.78 is 0. The van der Waals surface area contributed by atoms with Crippen LogP contribution in [0.1, 0.15) is 113 Å². The van der Waals surface area contributed by atoms with Crippen LogP contribution in [0.15, 0.2) is 12.5 Å². The lowest BCUT2D eigenvalue weighted by atomic mass is 9.98. The Balaban J connectivity index is 3.27. The predicted molar refractivity (Wildman–Crippen MR) is 277 cm³/mol. The second kappa shape index (κ2) is 33.7. The lowest BCUT2D eigenvalue weighted by molar-refractivity contribution is -0.142. The van der Waals surface area contributed by atoms with Crippen molar-refractivity contribution in [2.45, 2.75) is 174 Å². The first kappa shape index (κ1) is 67.7. The van der Waals surface area contributed by atoms with Crippen LogP contribution in [0, 0.1) is 23.7 Å². The average Bonchev–Trinajstić information content (AvgIpc) is 3.85. The highest BCUT2D eigenvalue weighted by atomic mass is 16.4. The number of carboxylic acid groups (broad SMARTS) is 1. The molecule has 434 valence electrons. The van der Waals surface area contributed by atoms with Gasteiger partial charge in [0, 0.05) is 24.7 Å². The molecule has 0 saturated heterocycles. The van der Waals surface area contributed by atoms with Crippen molar-refractivity contribution in [3.63, 3.8) is 0 Å². The molecule has 0 aromatic carbocycles. The molecule has 0 aliphatic rings. The van der Waals surface area contributed by atoms with Crippen LogP contribution in [0.4, 0.5) is 0 Å². The highest BCUT2D eigenvalue weighted by Gasteiger charge is 2.37. The predicted octanol–water partition coefficient (Wildman–Crippen LogP) is -4.98. The number of nitrogens with one attached hydrogen (secondary N) is 10. The lowest BCUT2D eigenvalue weighted by Crippen LogP contribution is -2.62. The van der Waals surface area contributed by atoms with Crippen molar-refractivity contribution in [2.75, 3.05) is 13.2 Å². The molecule has 11 amide bonds. The van der Waals surface area contributed by atoms with E-state index in [1.165, 1.54) is 19.4 Å². The summed E-state index contributed by atoms with van der Waals surface area (Å²) in [6, 6.07) is -13.9. The van der Waals surface area contributed by atoms with Gasteiger partial charge in [-0.3, -0.25) is 52.7 Å². The maximum atomic E-state index is 14.0. The Bertz CT molecular complexity index is 2170. The molecule has 77 heavy (non-hydrogen) atoms. The van der Waals surface area contributed by atoms with E-state index >= 15 is 0 Å². The van der Waals surface area contributed by atoms with Crippen LogP contribution in [0.25, 0.3) is 0 Å². The molecule has 0 aliphatic carbocycles. The van der Waals surface area contributed by atoms with Crippen LogP contribution in [0.3, 0.4) is 0 Å². The Morgan fingerprint density at radius 2 is 1.00 bits per heavy atom. The fourth-order valence-electron chi connectivity index (χ4n) is 7.44. The highest BCUT2D eigenvalue weighted by Crippen LogP contribution is 2.12. The van der Waals surface area contributed by atoms with Crippen molar-refractivity contribution in [3.8, 4) is 0 Å².